The first-order valence-corrected chi connectivity index (χ1v) is 11.7. The summed E-state index contributed by atoms with van der Waals surface area (Å²) in [6.07, 6.45) is 1.80. The van der Waals surface area contributed by atoms with E-state index in [4.69, 9.17) is 9.97 Å². The minimum atomic E-state index is 0.647. The number of rotatable bonds is 9. The molecule has 1 heterocycles. The van der Waals surface area contributed by atoms with Crippen LogP contribution in [0.1, 0.15) is 22.4 Å². The highest BCUT2D eigenvalue weighted by molar-refractivity contribution is 5.85. The Labute approximate surface area is 200 Å². The van der Waals surface area contributed by atoms with E-state index in [0.717, 1.165) is 30.9 Å². The van der Waals surface area contributed by atoms with Crippen molar-refractivity contribution in [3.05, 3.63) is 132 Å². The highest BCUT2D eigenvalue weighted by Gasteiger charge is 2.07. The maximum Gasteiger partial charge on any atom is 0.225 e. The fraction of sp³-hybridized carbons (Fsp3) is 0.133. The first kappa shape index (κ1) is 21.7. The molecule has 0 saturated carbocycles. The number of anilines is 2. The topological polar surface area (TPSA) is 49.8 Å². The second kappa shape index (κ2) is 10.6. The standard InChI is InChI=1S/C30H28N4/c1-3-10-23(11-4-1)18-19-27-20-29(31-21-24-12-5-2-6-13-24)34-30(33-27)32-22-26-16-9-15-25-14-7-8-17-28(25)26/h1-17,20H,18-19,21-22H2,(H2,31,32,33,34). The van der Waals surface area contributed by atoms with E-state index < -0.39 is 0 Å². The van der Waals surface area contributed by atoms with Gasteiger partial charge in [0, 0.05) is 24.8 Å². The van der Waals surface area contributed by atoms with Gasteiger partial charge in [-0.1, -0.05) is 103 Å². The fourth-order valence-corrected chi connectivity index (χ4v) is 4.12. The molecule has 0 amide bonds. The summed E-state index contributed by atoms with van der Waals surface area (Å²) in [6.45, 7) is 1.39. The van der Waals surface area contributed by atoms with Crippen LogP contribution in [0.3, 0.4) is 0 Å². The zero-order valence-corrected chi connectivity index (χ0v) is 19.1. The summed E-state index contributed by atoms with van der Waals surface area (Å²) in [6, 6.07) is 37.8. The van der Waals surface area contributed by atoms with Crippen LogP contribution in [0.2, 0.25) is 0 Å². The number of hydrogen-bond acceptors (Lipinski definition) is 4. The Hall–Kier alpha value is -4.18. The van der Waals surface area contributed by atoms with Crippen LogP contribution in [0.5, 0.6) is 0 Å². The normalized spacial score (nSPS) is 10.8. The van der Waals surface area contributed by atoms with E-state index in [-0.39, 0.29) is 0 Å². The van der Waals surface area contributed by atoms with E-state index in [9.17, 15) is 0 Å². The number of benzene rings is 4. The highest BCUT2D eigenvalue weighted by Crippen LogP contribution is 2.20. The van der Waals surface area contributed by atoms with Crippen LogP contribution < -0.4 is 10.6 Å². The van der Waals surface area contributed by atoms with E-state index in [1.54, 1.807) is 0 Å². The predicted octanol–water partition coefficient (Wildman–Crippen LogP) is 6.64. The lowest BCUT2D eigenvalue weighted by Crippen LogP contribution is -2.09. The zero-order valence-electron chi connectivity index (χ0n) is 19.1. The molecule has 0 spiro atoms. The van der Waals surface area contributed by atoms with Crippen molar-refractivity contribution in [1.29, 1.82) is 0 Å². The van der Waals surface area contributed by atoms with Crippen molar-refractivity contribution in [2.75, 3.05) is 10.6 Å². The molecule has 0 bridgehead atoms. The van der Waals surface area contributed by atoms with Gasteiger partial charge in [0.2, 0.25) is 5.95 Å². The Kier molecular flexibility index (Phi) is 6.77. The number of nitrogens with one attached hydrogen (secondary N) is 2. The molecule has 0 unspecified atom stereocenters. The number of nitrogens with zero attached hydrogens (tertiary/aromatic N) is 2. The molecule has 2 N–H and O–H groups in total. The zero-order chi connectivity index (χ0) is 23.0. The van der Waals surface area contributed by atoms with Crippen molar-refractivity contribution in [1.82, 2.24) is 9.97 Å². The van der Waals surface area contributed by atoms with Crippen molar-refractivity contribution in [2.24, 2.45) is 0 Å². The summed E-state index contributed by atoms with van der Waals surface area (Å²) in [5.74, 6) is 1.48. The Morgan fingerprint density at radius 3 is 2.09 bits per heavy atom. The summed E-state index contributed by atoms with van der Waals surface area (Å²) >= 11 is 0. The lowest BCUT2D eigenvalue weighted by Gasteiger charge is -2.13. The average Bonchev–Trinajstić information content (AvgIpc) is 2.91. The molecule has 0 saturated heterocycles. The third-order valence-corrected chi connectivity index (χ3v) is 5.93. The average molecular weight is 445 g/mol. The predicted molar refractivity (Wildman–Crippen MR) is 141 cm³/mol. The van der Waals surface area contributed by atoms with Crippen molar-refractivity contribution in [3.63, 3.8) is 0 Å². The van der Waals surface area contributed by atoms with Crippen LogP contribution in [0.25, 0.3) is 10.8 Å². The van der Waals surface area contributed by atoms with E-state index in [1.165, 1.54) is 27.5 Å². The van der Waals surface area contributed by atoms with Gasteiger partial charge >= 0.3 is 0 Å². The minimum Gasteiger partial charge on any atom is -0.366 e. The molecule has 4 heteroatoms. The van der Waals surface area contributed by atoms with Gasteiger partial charge in [-0.3, -0.25) is 0 Å². The largest absolute Gasteiger partial charge is 0.366 e. The smallest absolute Gasteiger partial charge is 0.225 e. The molecular formula is C30H28N4. The van der Waals surface area contributed by atoms with Gasteiger partial charge in [-0.25, -0.2) is 4.98 Å². The number of fused-ring (bicyclic) bond motifs is 1. The molecule has 5 rings (SSSR count). The molecule has 1 aromatic heterocycles. The van der Waals surface area contributed by atoms with Crippen LogP contribution >= 0.6 is 0 Å². The summed E-state index contributed by atoms with van der Waals surface area (Å²) in [7, 11) is 0. The Bertz CT molecular complexity index is 1280. The second-order valence-electron chi connectivity index (χ2n) is 8.38. The molecule has 4 nitrogen and oxygen atoms in total. The van der Waals surface area contributed by atoms with E-state index in [2.05, 4.69) is 114 Å². The lowest BCUT2D eigenvalue weighted by atomic mass is 10.0. The van der Waals surface area contributed by atoms with Gasteiger partial charge in [-0.2, -0.15) is 4.98 Å². The van der Waals surface area contributed by atoms with Gasteiger partial charge in [0.25, 0.3) is 0 Å². The fourth-order valence-electron chi connectivity index (χ4n) is 4.12. The molecule has 0 aliphatic heterocycles. The molecule has 0 fully saturated rings. The number of aryl methyl sites for hydroxylation is 2. The molecule has 0 atom stereocenters. The summed E-state index contributed by atoms with van der Waals surface area (Å²) < 4.78 is 0. The van der Waals surface area contributed by atoms with Crippen LogP contribution in [-0.4, -0.2) is 9.97 Å². The lowest BCUT2D eigenvalue weighted by molar-refractivity contribution is 0.895. The van der Waals surface area contributed by atoms with E-state index in [0.29, 0.717) is 12.5 Å². The summed E-state index contributed by atoms with van der Waals surface area (Å²) in [4.78, 5) is 9.60. The maximum atomic E-state index is 4.84. The van der Waals surface area contributed by atoms with Gasteiger partial charge in [0.15, 0.2) is 0 Å². The molecule has 0 radical (unpaired) electrons. The quantitative estimate of drug-likeness (QED) is 0.268. The molecule has 4 aromatic carbocycles. The maximum absolute atomic E-state index is 4.84. The van der Waals surface area contributed by atoms with E-state index >= 15 is 0 Å². The van der Waals surface area contributed by atoms with Gasteiger partial charge in [-0.05, 0) is 40.3 Å². The third kappa shape index (κ3) is 5.59. The van der Waals surface area contributed by atoms with Crippen molar-refractivity contribution >= 4 is 22.5 Å². The Morgan fingerprint density at radius 1 is 0.559 bits per heavy atom. The van der Waals surface area contributed by atoms with Crippen molar-refractivity contribution < 1.29 is 0 Å². The van der Waals surface area contributed by atoms with Gasteiger partial charge in [-0.15, -0.1) is 0 Å². The molecule has 0 aliphatic carbocycles. The first-order chi connectivity index (χ1) is 16.8. The van der Waals surface area contributed by atoms with Crippen molar-refractivity contribution in [2.45, 2.75) is 25.9 Å². The van der Waals surface area contributed by atoms with Crippen LogP contribution in [0.4, 0.5) is 11.8 Å². The molecule has 34 heavy (non-hydrogen) atoms. The minimum absolute atomic E-state index is 0.647. The van der Waals surface area contributed by atoms with Gasteiger partial charge < -0.3 is 10.6 Å². The van der Waals surface area contributed by atoms with Gasteiger partial charge in [0.1, 0.15) is 5.82 Å². The summed E-state index contributed by atoms with van der Waals surface area (Å²) in [5.41, 5.74) is 4.78. The van der Waals surface area contributed by atoms with Crippen LogP contribution in [0.15, 0.2) is 109 Å². The summed E-state index contributed by atoms with van der Waals surface area (Å²) in [5, 5.41) is 9.44. The monoisotopic (exact) mass is 444 g/mol. The van der Waals surface area contributed by atoms with Gasteiger partial charge in [0.05, 0.1) is 0 Å². The number of aromatic nitrogens is 2. The van der Waals surface area contributed by atoms with Crippen molar-refractivity contribution in [3.8, 4) is 0 Å². The van der Waals surface area contributed by atoms with Crippen LogP contribution in [-0.2, 0) is 25.9 Å². The van der Waals surface area contributed by atoms with Crippen LogP contribution in [0, 0.1) is 0 Å². The third-order valence-electron chi connectivity index (χ3n) is 5.93. The molecule has 0 aliphatic rings. The van der Waals surface area contributed by atoms with E-state index in [1.807, 2.05) is 6.07 Å². The second-order valence-corrected chi connectivity index (χ2v) is 8.38. The number of hydrogen-bond donors (Lipinski definition) is 2. The highest BCUT2D eigenvalue weighted by atomic mass is 15.1. The first-order valence-electron chi connectivity index (χ1n) is 11.7. The SMILES string of the molecule is c1ccc(CCc2cc(NCc3ccccc3)nc(NCc3cccc4ccccc34)n2)cc1. The molecule has 168 valence electrons. The Morgan fingerprint density at radius 2 is 1.26 bits per heavy atom. The Balaban J connectivity index is 1.35. The molecule has 5 aromatic rings. The molecular weight excluding hydrogens is 416 g/mol.